The maximum Gasteiger partial charge on any atom is 0.267 e. The predicted molar refractivity (Wildman–Crippen MR) is 78.6 cm³/mol. The molecule has 1 aromatic heterocycles. The van der Waals surface area contributed by atoms with Gasteiger partial charge >= 0.3 is 0 Å². The minimum atomic E-state index is -3.97. The van der Waals surface area contributed by atoms with Crippen LogP contribution in [-0.4, -0.2) is 20.5 Å². The molecule has 0 bridgehead atoms. The van der Waals surface area contributed by atoms with Crippen LogP contribution in [0.15, 0.2) is 50.8 Å². The summed E-state index contributed by atoms with van der Waals surface area (Å²) in [5.41, 5.74) is -0.303. The average molecular weight is 359 g/mol. The fraction of sp³-hybridized carbons (Fsp3) is 0.0833. The van der Waals surface area contributed by atoms with Gasteiger partial charge in [-0.25, -0.2) is 8.42 Å². The van der Waals surface area contributed by atoms with Crippen molar-refractivity contribution in [3.05, 3.63) is 51.4 Å². The van der Waals surface area contributed by atoms with E-state index < -0.39 is 15.5 Å². The fourth-order valence-corrected chi connectivity index (χ4v) is 3.12. The summed E-state index contributed by atoms with van der Waals surface area (Å²) in [6, 6.07) is 5.98. The lowest BCUT2D eigenvalue weighted by Crippen LogP contribution is -2.21. The van der Waals surface area contributed by atoms with Crippen LogP contribution < -0.4 is 14.9 Å². The highest BCUT2D eigenvalue weighted by atomic mass is 79.9. The molecule has 8 heteroatoms. The number of halogens is 1. The number of pyridine rings is 1. The molecule has 2 rings (SSSR count). The average Bonchev–Trinajstić information content (AvgIpc) is 2.41. The van der Waals surface area contributed by atoms with Crippen LogP contribution in [0.2, 0.25) is 0 Å². The monoisotopic (exact) mass is 358 g/mol. The van der Waals surface area contributed by atoms with Crippen LogP contribution in [0.25, 0.3) is 0 Å². The second kappa shape index (κ2) is 5.68. The van der Waals surface area contributed by atoms with Gasteiger partial charge in [-0.05, 0) is 28.1 Å². The lowest BCUT2D eigenvalue weighted by molar-refractivity contribution is 0.415. The molecule has 1 heterocycles. The maximum atomic E-state index is 12.2. The van der Waals surface area contributed by atoms with Gasteiger partial charge in [0.05, 0.1) is 12.8 Å². The van der Waals surface area contributed by atoms with Crippen molar-refractivity contribution in [1.82, 2.24) is 4.98 Å². The minimum Gasteiger partial charge on any atom is -0.497 e. The Hall–Kier alpha value is -1.80. The molecular weight excluding hydrogens is 348 g/mol. The van der Waals surface area contributed by atoms with Gasteiger partial charge in [-0.1, -0.05) is 0 Å². The van der Waals surface area contributed by atoms with Gasteiger partial charge in [0.2, 0.25) is 5.43 Å². The highest BCUT2D eigenvalue weighted by Gasteiger charge is 2.19. The van der Waals surface area contributed by atoms with Crippen molar-refractivity contribution in [1.29, 1.82) is 0 Å². The number of hydrogen-bond acceptors (Lipinski definition) is 4. The number of ether oxygens (including phenoxy) is 1. The second-order valence-corrected chi connectivity index (χ2v) is 6.33. The number of sulfonamides is 1. The number of hydrogen-bond donors (Lipinski definition) is 2. The molecule has 0 aliphatic rings. The van der Waals surface area contributed by atoms with Gasteiger partial charge in [-0.15, -0.1) is 0 Å². The van der Waals surface area contributed by atoms with E-state index in [9.17, 15) is 13.2 Å². The molecule has 0 saturated heterocycles. The second-order valence-electron chi connectivity index (χ2n) is 3.82. The number of H-pyrrole nitrogens is 1. The number of rotatable bonds is 4. The van der Waals surface area contributed by atoms with E-state index in [1.807, 2.05) is 0 Å². The summed E-state index contributed by atoms with van der Waals surface area (Å²) in [6.07, 6.45) is 2.50. The molecule has 106 valence electrons. The van der Waals surface area contributed by atoms with Crippen molar-refractivity contribution in [3.63, 3.8) is 0 Å². The van der Waals surface area contributed by atoms with E-state index >= 15 is 0 Å². The first-order valence-corrected chi connectivity index (χ1v) is 7.75. The van der Waals surface area contributed by atoms with Gasteiger partial charge in [0.25, 0.3) is 10.0 Å². The van der Waals surface area contributed by atoms with Gasteiger partial charge in [0.15, 0.2) is 4.90 Å². The summed E-state index contributed by atoms with van der Waals surface area (Å²) < 4.78 is 32.3. The summed E-state index contributed by atoms with van der Waals surface area (Å²) in [7, 11) is -2.50. The van der Waals surface area contributed by atoms with E-state index in [-0.39, 0.29) is 10.6 Å². The molecule has 0 aliphatic heterocycles. The Balaban J connectivity index is 2.44. The lowest BCUT2D eigenvalue weighted by Gasteiger charge is -2.10. The van der Waals surface area contributed by atoms with E-state index in [0.29, 0.717) is 10.2 Å². The predicted octanol–water partition coefficient (Wildman–Crippen LogP) is 1.95. The Morgan fingerprint density at radius 2 is 2.05 bits per heavy atom. The minimum absolute atomic E-state index is 0.285. The van der Waals surface area contributed by atoms with Crippen molar-refractivity contribution >= 4 is 31.6 Å². The topological polar surface area (TPSA) is 88.3 Å². The van der Waals surface area contributed by atoms with Crippen LogP contribution in [0.3, 0.4) is 0 Å². The molecular formula is C12H11BrN2O4S. The normalized spacial score (nSPS) is 11.1. The molecule has 1 aromatic carbocycles. The summed E-state index contributed by atoms with van der Waals surface area (Å²) in [5, 5.41) is 0. The molecule has 20 heavy (non-hydrogen) atoms. The Labute approximate surface area is 124 Å². The van der Waals surface area contributed by atoms with Crippen LogP contribution in [-0.2, 0) is 10.0 Å². The van der Waals surface area contributed by atoms with Crippen molar-refractivity contribution in [2.75, 3.05) is 11.8 Å². The Morgan fingerprint density at radius 1 is 1.30 bits per heavy atom. The lowest BCUT2D eigenvalue weighted by atomic mass is 10.3. The van der Waals surface area contributed by atoms with E-state index in [1.165, 1.54) is 19.4 Å². The molecule has 0 radical (unpaired) electrons. The molecule has 0 aliphatic carbocycles. The highest BCUT2D eigenvalue weighted by molar-refractivity contribution is 9.10. The van der Waals surface area contributed by atoms with E-state index in [1.54, 1.807) is 12.1 Å². The smallest absolute Gasteiger partial charge is 0.267 e. The Morgan fingerprint density at radius 3 is 2.70 bits per heavy atom. The summed E-state index contributed by atoms with van der Waals surface area (Å²) in [4.78, 5) is 13.8. The summed E-state index contributed by atoms with van der Waals surface area (Å²) >= 11 is 3.23. The zero-order valence-corrected chi connectivity index (χ0v) is 12.8. The van der Waals surface area contributed by atoms with Gasteiger partial charge in [0, 0.05) is 29.0 Å². The van der Waals surface area contributed by atoms with Crippen molar-refractivity contribution in [2.45, 2.75) is 4.90 Å². The van der Waals surface area contributed by atoms with Gasteiger partial charge in [-0.2, -0.15) is 0 Å². The highest BCUT2D eigenvalue weighted by Crippen LogP contribution is 2.28. The van der Waals surface area contributed by atoms with Crippen LogP contribution in [0.1, 0.15) is 0 Å². The molecule has 6 nitrogen and oxygen atoms in total. The molecule has 0 atom stereocenters. The first-order chi connectivity index (χ1) is 9.44. The molecule has 0 amide bonds. The van der Waals surface area contributed by atoms with E-state index in [4.69, 9.17) is 4.74 Å². The quantitative estimate of drug-likeness (QED) is 0.873. The molecule has 0 unspecified atom stereocenters. The standard InChI is InChI=1S/C12H11BrN2O4S/c1-19-8-2-3-9(13)10(6-8)15-20(17,18)12-7-14-5-4-11(12)16/h2-7,15H,1H3,(H,14,16). The van der Waals surface area contributed by atoms with E-state index in [2.05, 4.69) is 25.6 Å². The Bertz CT molecular complexity index is 786. The number of methoxy groups -OCH3 is 1. The number of aromatic nitrogens is 1. The number of anilines is 1. The van der Waals surface area contributed by atoms with Crippen LogP contribution in [0.4, 0.5) is 5.69 Å². The summed E-state index contributed by atoms with van der Waals surface area (Å²) in [6.45, 7) is 0. The fourth-order valence-electron chi connectivity index (χ4n) is 1.52. The Kier molecular flexibility index (Phi) is 4.15. The molecule has 2 N–H and O–H groups in total. The van der Waals surface area contributed by atoms with Gasteiger partial charge in [0.1, 0.15) is 5.75 Å². The van der Waals surface area contributed by atoms with Crippen LogP contribution in [0, 0.1) is 0 Å². The SMILES string of the molecule is COc1ccc(Br)c(NS(=O)(=O)c2c[nH]ccc2=O)c1. The van der Waals surface area contributed by atoms with Crippen molar-refractivity contribution in [3.8, 4) is 5.75 Å². The number of aromatic amines is 1. The number of nitrogens with one attached hydrogen (secondary N) is 2. The third kappa shape index (κ3) is 3.02. The van der Waals surface area contributed by atoms with Gasteiger partial charge < -0.3 is 9.72 Å². The van der Waals surface area contributed by atoms with E-state index in [0.717, 1.165) is 12.3 Å². The molecule has 0 fully saturated rings. The zero-order chi connectivity index (χ0) is 14.8. The third-order valence-electron chi connectivity index (χ3n) is 2.50. The third-order valence-corrected chi connectivity index (χ3v) is 4.57. The zero-order valence-electron chi connectivity index (χ0n) is 10.4. The summed E-state index contributed by atoms with van der Waals surface area (Å²) in [5.74, 6) is 0.493. The van der Waals surface area contributed by atoms with Crippen molar-refractivity contribution < 1.29 is 13.2 Å². The molecule has 2 aromatic rings. The van der Waals surface area contributed by atoms with Crippen molar-refractivity contribution in [2.24, 2.45) is 0 Å². The molecule has 0 saturated carbocycles. The number of benzene rings is 1. The largest absolute Gasteiger partial charge is 0.497 e. The maximum absolute atomic E-state index is 12.2. The first kappa shape index (κ1) is 14.6. The van der Waals surface area contributed by atoms with Gasteiger partial charge in [-0.3, -0.25) is 9.52 Å². The molecule has 0 spiro atoms. The van der Waals surface area contributed by atoms with Crippen LogP contribution >= 0.6 is 15.9 Å². The van der Waals surface area contributed by atoms with Crippen LogP contribution in [0.5, 0.6) is 5.75 Å². The first-order valence-electron chi connectivity index (χ1n) is 5.47.